The highest BCUT2D eigenvalue weighted by atomic mass is 35.5. The summed E-state index contributed by atoms with van der Waals surface area (Å²) in [6, 6.07) is 6.76. The fraction of sp³-hybridized carbons (Fsp3) is 0.650. The fourth-order valence-electron chi connectivity index (χ4n) is 4.16. The molecule has 2 unspecified atom stereocenters. The Labute approximate surface area is 156 Å². The molecule has 1 aromatic carbocycles. The van der Waals surface area contributed by atoms with Gasteiger partial charge in [0.1, 0.15) is 5.82 Å². The number of likely N-dealkylation sites (tertiary alicyclic amines) is 1. The van der Waals surface area contributed by atoms with Crippen molar-refractivity contribution in [2.45, 2.75) is 39.0 Å². The minimum absolute atomic E-state index is 0. The number of hydrogen-bond donors (Lipinski definition) is 1. The molecule has 0 aliphatic carbocycles. The lowest BCUT2D eigenvalue weighted by Gasteiger charge is -2.29. The molecule has 2 saturated heterocycles. The van der Waals surface area contributed by atoms with E-state index in [0.717, 1.165) is 39.0 Å². The SMILES string of the molecule is CC(CC(=O)N1CCC(Cc2ccc(F)cc2)C1)C1CCNCC1.Cl. The number of nitrogens with zero attached hydrogens (tertiary/aromatic N) is 1. The lowest BCUT2D eigenvalue weighted by atomic mass is 9.84. The van der Waals surface area contributed by atoms with Crippen LogP contribution in [-0.2, 0) is 11.2 Å². The van der Waals surface area contributed by atoms with Crippen molar-refractivity contribution < 1.29 is 9.18 Å². The molecule has 25 heavy (non-hydrogen) atoms. The Morgan fingerprint density at radius 2 is 1.92 bits per heavy atom. The number of halogens is 2. The van der Waals surface area contributed by atoms with Gasteiger partial charge in [-0.2, -0.15) is 0 Å². The van der Waals surface area contributed by atoms with Crippen LogP contribution in [0.15, 0.2) is 24.3 Å². The number of hydrogen-bond acceptors (Lipinski definition) is 2. The van der Waals surface area contributed by atoms with Crippen LogP contribution >= 0.6 is 12.4 Å². The quantitative estimate of drug-likeness (QED) is 0.860. The van der Waals surface area contributed by atoms with Crippen LogP contribution in [0.25, 0.3) is 0 Å². The standard InChI is InChI=1S/C20H29FN2O.ClH/c1-15(18-6-9-22-10-7-18)12-20(24)23-11-8-17(14-23)13-16-2-4-19(21)5-3-16;/h2-5,15,17-18,22H,6-14H2,1H3;1H. The maximum atomic E-state index is 13.0. The third-order valence-corrected chi connectivity index (χ3v) is 5.76. The highest BCUT2D eigenvalue weighted by Crippen LogP contribution is 2.27. The van der Waals surface area contributed by atoms with Crippen LogP contribution < -0.4 is 5.32 Å². The molecule has 2 aliphatic heterocycles. The maximum absolute atomic E-state index is 13.0. The first-order valence-corrected chi connectivity index (χ1v) is 9.34. The molecule has 1 amide bonds. The Kier molecular flexibility index (Phi) is 7.70. The monoisotopic (exact) mass is 368 g/mol. The summed E-state index contributed by atoms with van der Waals surface area (Å²) in [6.45, 7) is 6.15. The third kappa shape index (κ3) is 5.68. The van der Waals surface area contributed by atoms with E-state index in [2.05, 4.69) is 12.2 Å². The Hall–Kier alpha value is -1.13. The number of piperidine rings is 1. The van der Waals surface area contributed by atoms with Crippen LogP contribution in [0.4, 0.5) is 4.39 Å². The van der Waals surface area contributed by atoms with Gasteiger partial charge in [0.15, 0.2) is 0 Å². The molecule has 0 bridgehead atoms. The number of rotatable bonds is 5. The zero-order chi connectivity index (χ0) is 16.9. The Morgan fingerprint density at radius 1 is 1.24 bits per heavy atom. The molecule has 2 heterocycles. The highest BCUT2D eigenvalue weighted by Gasteiger charge is 2.29. The second kappa shape index (κ2) is 9.54. The molecule has 0 radical (unpaired) electrons. The molecular weight excluding hydrogens is 339 g/mol. The van der Waals surface area contributed by atoms with E-state index in [1.54, 1.807) is 0 Å². The Morgan fingerprint density at radius 3 is 2.60 bits per heavy atom. The van der Waals surface area contributed by atoms with Gasteiger partial charge in [0, 0.05) is 19.5 Å². The van der Waals surface area contributed by atoms with Crippen LogP contribution in [0.2, 0.25) is 0 Å². The lowest BCUT2D eigenvalue weighted by molar-refractivity contribution is -0.131. The van der Waals surface area contributed by atoms with Crippen LogP contribution in [0.1, 0.15) is 38.2 Å². The van der Waals surface area contributed by atoms with Crippen LogP contribution in [0.5, 0.6) is 0 Å². The fourth-order valence-corrected chi connectivity index (χ4v) is 4.16. The molecule has 2 atom stereocenters. The largest absolute Gasteiger partial charge is 0.342 e. The normalized spacial score (nSPS) is 22.5. The molecule has 3 nitrogen and oxygen atoms in total. The highest BCUT2D eigenvalue weighted by molar-refractivity contribution is 5.85. The zero-order valence-electron chi connectivity index (χ0n) is 15.0. The minimum atomic E-state index is -0.186. The topological polar surface area (TPSA) is 32.3 Å². The van der Waals surface area contributed by atoms with E-state index in [-0.39, 0.29) is 18.2 Å². The van der Waals surface area contributed by atoms with Gasteiger partial charge < -0.3 is 10.2 Å². The van der Waals surface area contributed by atoms with E-state index in [1.165, 1.54) is 30.5 Å². The van der Waals surface area contributed by atoms with Crippen molar-refractivity contribution in [2.75, 3.05) is 26.2 Å². The first kappa shape index (κ1) is 20.2. The van der Waals surface area contributed by atoms with Gasteiger partial charge in [-0.15, -0.1) is 12.4 Å². The minimum Gasteiger partial charge on any atom is -0.342 e. The summed E-state index contributed by atoms with van der Waals surface area (Å²) < 4.78 is 13.0. The van der Waals surface area contributed by atoms with Gasteiger partial charge in [0.2, 0.25) is 5.91 Å². The predicted octanol–water partition coefficient (Wildman–Crippen LogP) is 3.66. The average molecular weight is 369 g/mol. The van der Waals surface area contributed by atoms with Crippen LogP contribution in [-0.4, -0.2) is 37.0 Å². The van der Waals surface area contributed by atoms with Crippen LogP contribution in [0.3, 0.4) is 0 Å². The lowest BCUT2D eigenvalue weighted by Crippen LogP contribution is -2.35. The molecule has 3 rings (SSSR count). The number of nitrogens with one attached hydrogen (secondary N) is 1. The van der Waals surface area contributed by atoms with E-state index < -0.39 is 0 Å². The molecule has 1 N–H and O–H groups in total. The number of carbonyl (C=O) groups is 1. The smallest absolute Gasteiger partial charge is 0.222 e. The van der Waals surface area contributed by atoms with E-state index in [0.29, 0.717) is 30.1 Å². The van der Waals surface area contributed by atoms with Gasteiger partial charge >= 0.3 is 0 Å². The van der Waals surface area contributed by atoms with E-state index in [1.807, 2.05) is 17.0 Å². The van der Waals surface area contributed by atoms with E-state index in [9.17, 15) is 9.18 Å². The van der Waals surface area contributed by atoms with Gasteiger partial charge in [-0.3, -0.25) is 4.79 Å². The van der Waals surface area contributed by atoms with Gasteiger partial charge in [-0.25, -0.2) is 4.39 Å². The van der Waals surface area contributed by atoms with Crippen molar-refractivity contribution in [3.05, 3.63) is 35.6 Å². The number of benzene rings is 1. The Balaban J connectivity index is 0.00000225. The zero-order valence-corrected chi connectivity index (χ0v) is 15.9. The summed E-state index contributed by atoms with van der Waals surface area (Å²) in [4.78, 5) is 14.6. The first-order valence-electron chi connectivity index (χ1n) is 9.34. The summed E-state index contributed by atoms with van der Waals surface area (Å²) in [7, 11) is 0. The van der Waals surface area contributed by atoms with Crippen molar-refractivity contribution >= 4 is 18.3 Å². The molecule has 0 aromatic heterocycles. The van der Waals surface area contributed by atoms with Gasteiger partial charge in [0.05, 0.1) is 0 Å². The van der Waals surface area contributed by atoms with Gasteiger partial charge in [0.25, 0.3) is 0 Å². The maximum Gasteiger partial charge on any atom is 0.222 e. The predicted molar refractivity (Wildman–Crippen MR) is 101 cm³/mol. The second-order valence-electron chi connectivity index (χ2n) is 7.59. The van der Waals surface area contributed by atoms with Gasteiger partial charge in [-0.05, 0) is 74.2 Å². The molecule has 0 spiro atoms. The van der Waals surface area contributed by atoms with Crippen molar-refractivity contribution in [3.63, 3.8) is 0 Å². The molecular formula is C20H30ClFN2O. The van der Waals surface area contributed by atoms with Crippen molar-refractivity contribution in [1.29, 1.82) is 0 Å². The molecule has 1 aromatic rings. The molecule has 5 heteroatoms. The van der Waals surface area contributed by atoms with E-state index in [4.69, 9.17) is 0 Å². The molecule has 0 saturated carbocycles. The van der Waals surface area contributed by atoms with Crippen LogP contribution in [0, 0.1) is 23.6 Å². The summed E-state index contributed by atoms with van der Waals surface area (Å²) in [5.74, 6) is 1.81. The summed E-state index contributed by atoms with van der Waals surface area (Å²) >= 11 is 0. The molecule has 140 valence electrons. The number of carbonyl (C=O) groups excluding carboxylic acids is 1. The summed E-state index contributed by atoms with van der Waals surface area (Å²) in [5.41, 5.74) is 1.17. The van der Waals surface area contributed by atoms with Gasteiger partial charge in [-0.1, -0.05) is 19.1 Å². The second-order valence-corrected chi connectivity index (χ2v) is 7.59. The molecule has 2 fully saturated rings. The first-order chi connectivity index (χ1) is 11.6. The van der Waals surface area contributed by atoms with Crippen molar-refractivity contribution in [3.8, 4) is 0 Å². The van der Waals surface area contributed by atoms with E-state index >= 15 is 0 Å². The third-order valence-electron chi connectivity index (χ3n) is 5.76. The summed E-state index contributed by atoms with van der Waals surface area (Å²) in [5, 5.41) is 3.39. The summed E-state index contributed by atoms with van der Waals surface area (Å²) in [6.07, 6.45) is 5.08. The molecule has 2 aliphatic rings. The Bertz CT molecular complexity index is 545. The van der Waals surface area contributed by atoms with Crippen molar-refractivity contribution in [1.82, 2.24) is 10.2 Å². The number of amides is 1. The van der Waals surface area contributed by atoms with Crippen molar-refractivity contribution in [2.24, 2.45) is 17.8 Å². The average Bonchev–Trinajstić information content (AvgIpc) is 3.06.